The molecule has 0 N–H and O–H groups in total. The van der Waals surface area contributed by atoms with Gasteiger partial charge in [0.1, 0.15) is 5.82 Å². The maximum atomic E-state index is 12.2. The lowest BCUT2D eigenvalue weighted by Gasteiger charge is -2.11. The largest absolute Gasteiger partial charge is 0.428 e. The molecular weight excluding hydrogens is 195 g/mol. The van der Waals surface area contributed by atoms with E-state index in [0.717, 1.165) is 31.6 Å². The van der Waals surface area contributed by atoms with E-state index in [1.807, 2.05) is 4.57 Å². The lowest BCUT2D eigenvalue weighted by atomic mass is 10.2. The first-order valence-corrected chi connectivity index (χ1v) is 4.70. The third kappa shape index (κ3) is 1.94. The fraction of sp³-hybridized carbons (Fsp3) is 0.625. The van der Waals surface area contributed by atoms with Gasteiger partial charge in [0.25, 0.3) is 0 Å². The van der Waals surface area contributed by atoms with Crippen LogP contribution >= 0.6 is 11.6 Å². The number of hydrogen-bond donors (Lipinski definition) is 0. The molecule has 3 nitrogen and oxygen atoms in total. The van der Waals surface area contributed by atoms with Crippen molar-refractivity contribution in [3.63, 3.8) is 0 Å². The number of imidazole rings is 1. The summed E-state index contributed by atoms with van der Waals surface area (Å²) >= 11 is 5.04. The summed E-state index contributed by atoms with van der Waals surface area (Å²) in [7, 11) is 0. The molecule has 0 radical (unpaired) electrons. The molecule has 0 aromatic carbocycles. The first kappa shape index (κ1) is 8.81. The molecule has 0 spiro atoms. The zero-order valence-corrected chi connectivity index (χ0v) is 7.80. The SMILES string of the molecule is FC(Cl)Oc1cn2c(n1)CCCC2. The maximum absolute atomic E-state index is 12.2. The summed E-state index contributed by atoms with van der Waals surface area (Å²) in [6.45, 7) is 0.935. The van der Waals surface area contributed by atoms with Crippen LogP contribution in [0.2, 0.25) is 0 Å². The van der Waals surface area contributed by atoms with E-state index in [4.69, 9.17) is 11.6 Å². The smallest absolute Gasteiger partial charge is 0.317 e. The highest BCUT2D eigenvalue weighted by Gasteiger charge is 2.14. The van der Waals surface area contributed by atoms with Gasteiger partial charge in [-0.05, 0) is 24.4 Å². The molecule has 72 valence electrons. The van der Waals surface area contributed by atoms with Crippen molar-refractivity contribution < 1.29 is 9.13 Å². The van der Waals surface area contributed by atoms with Crippen molar-refractivity contribution >= 4 is 11.6 Å². The molecular formula is C8H10ClFN2O. The zero-order valence-electron chi connectivity index (χ0n) is 7.04. The summed E-state index contributed by atoms with van der Waals surface area (Å²) in [5.74, 6) is -0.574. The van der Waals surface area contributed by atoms with Gasteiger partial charge in [-0.25, -0.2) is 0 Å². The minimum absolute atomic E-state index is 0.277. The minimum atomic E-state index is -1.81. The van der Waals surface area contributed by atoms with Crippen molar-refractivity contribution in [2.75, 3.05) is 0 Å². The van der Waals surface area contributed by atoms with E-state index < -0.39 is 5.82 Å². The van der Waals surface area contributed by atoms with E-state index in [2.05, 4.69) is 9.72 Å². The van der Waals surface area contributed by atoms with Gasteiger partial charge in [0.05, 0.1) is 6.20 Å². The molecule has 1 aromatic rings. The van der Waals surface area contributed by atoms with Crippen LogP contribution in [0.3, 0.4) is 0 Å². The number of alkyl halides is 2. The van der Waals surface area contributed by atoms with E-state index >= 15 is 0 Å². The molecule has 0 saturated carbocycles. The van der Waals surface area contributed by atoms with Gasteiger partial charge in [-0.1, -0.05) is 0 Å². The highest BCUT2D eigenvalue weighted by atomic mass is 35.5. The van der Waals surface area contributed by atoms with Crippen LogP contribution in [0.15, 0.2) is 6.20 Å². The molecule has 13 heavy (non-hydrogen) atoms. The molecule has 0 aliphatic carbocycles. The van der Waals surface area contributed by atoms with Crippen molar-refractivity contribution in [3.8, 4) is 5.88 Å². The number of halogens is 2. The summed E-state index contributed by atoms with van der Waals surface area (Å²) in [5, 5.41) is 0. The van der Waals surface area contributed by atoms with Crippen LogP contribution in [0.1, 0.15) is 18.7 Å². The molecule has 0 fully saturated rings. The average molecular weight is 205 g/mol. The van der Waals surface area contributed by atoms with Crippen molar-refractivity contribution in [2.45, 2.75) is 31.6 Å². The fourth-order valence-corrected chi connectivity index (χ4v) is 1.63. The topological polar surface area (TPSA) is 27.1 Å². The Bertz CT molecular complexity index is 277. The Labute approximate surface area is 80.5 Å². The quantitative estimate of drug-likeness (QED) is 0.690. The van der Waals surface area contributed by atoms with E-state index in [1.165, 1.54) is 0 Å². The van der Waals surface area contributed by atoms with Gasteiger partial charge in [-0.15, -0.1) is 0 Å². The second-order valence-corrected chi connectivity index (χ2v) is 3.37. The number of rotatable bonds is 2. The van der Waals surface area contributed by atoms with Crippen molar-refractivity contribution in [3.05, 3.63) is 12.0 Å². The van der Waals surface area contributed by atoms with Crippen molar-refractivity contribution in [1.29, 1.82) is 0 Å². The van der Waals surface area contributed by atoms with Crippen LogP contribution in [0.4, 0.5) is 4.39 Å². The molecule has 0 amide bonds. The Kier molecular flexibility index (Phi) is 2.40. The lowest BCUT2D eigenvalue weighted by molar-refractivity contribution is 0.141. The van der Waals surface area contributed by atoms with Gasteiger partial charge in [-0.3, -0.25) is 0 Å². The maximum Gasteiger partial charge on any atom is 0.317 e. The van der Waals surface area contributed by atoms with Crippen LogP contribution in [-0.2, 0) is 13.0 Å². The summed E-state index contributed by atoms with van der Waals surface area (Å²) in [6.07, 6.45) is 4.91. The van der Waals surface area contributed by atoms with E-state index in [-0.39, 0.29) is 5.88 Å². The molecule has 1 aliphatic rings. The van der Waals surface area contributed by atoms with Gasteiger partial charge in [0.2, 0.25) is 5.88 Å². The molecule has 2 rings (SSSR count). The standard InChI is InChI=1S/C8H10ClFN2O/c9-8(10)13-7-5-12-4-2-1-3-6(12)11-7/h5,8H,1-4H2. The molecule has 0 saturated heterocycles. The second kappa shape index (κ2) is 3.54. The minimum Gasteiger partial charge on any atom is -0.428 e. The summed E-state index contributed by atoms with van der Waals surface area (Å²) in [6, 6.07) is 0. The second-order valence-electron chi connectivity index (χ2n) is 3.02. The lowest BCUT2D eigenvalue weighted by Crippen LogP contribution is -2.08. The molecule has 2 heterocycles. The number of hydrogen-bond acceptors (Lipinski definition) is 2. The van der Waals surface area contributed by atoms with Crippen molar-refractivity contribution in [2.24, 2.45) is 0 Å². The molecule has 5 heteroatoms. The van der Waals surface area contributed by atoms with Gasteiger partial charge in [0.15, 0.2) is 0 Å². The Morgan fingerprint density at radius 2 is 2.46 bits per heavy atom. The van der Waals surface area contributed by atoms with Crippen LogP contribution in [0, 0.1) is 0 Å². The molecule has 1 aromatic heterocycles. The Morgan fingerprint density at radius 3 is 3.15 bits per heavy atom. The van der Waals surface area contributed by atoms with Crippen LogP contribution in [0.25, 0.3) is 0 Å². The Morgan fingerprint density at radius 1 is 1.62 bits per heavy atom. The average Bonchev–Trinajstić information content (AvgIpc) is 2.44. The van der Waals surface area contributed by atoms with Gasteiger partial charge < -0.3 is 9.30 Å². The van der Waals surface area contributed by atoms with E-state index in [0.29, 0.717) is 0 Å². The first-order chi connectivity index (χ1) is 6.25. The monoisotopic (exact) mass is 204 g/mol. The van der Waals surface area contributed by atoms with Crippen LogP contribution in [-0.4, -0.2) is 15.4 Å². The van der Waals surface area contributed by atoms with Gasteiger partial charge >= 0.3 is 5.82 Å². The Hall–Kier alpha value is -0.770. The highest BCUT2D eigenvalue weighted by molar-refractivity contribution is 6.18. The Balaban J connectivity index is 2.15. The summed E-state index contributed by atoms with van der Waals surface area (Å²) in [4.78, 5) is 4.11. The van der Waals surface area contributed by atoms with Gasteiger partial charge in [0, 0.05) is 13.0 Å². The van der Waals surface area contributed by atoms with Crippen LogP contribution in [0.5, 0.6) is 5.88 Å². The number of nitrogens with zero attached hydrogens (tertiary/aromatic N) is 2. The highest BCUT2D eigenvalue weighted by Crippen LogP contribution is 2.19. The fourth-order valence-electron chi connectivity index (χ4n) is 1.53. The third-order valence-corrected chi connectivity index (χ3v) is 2.19. The number of fused-ring (bicyclic) bond motifs is 1. The van der Waals surface area contributed by atoms with E-state index in [9.17, 15) is 4.39 Å². The normalized spacial score (nSPS) is 18.0. The summed E-state index contributed by atoms with van der Waals surface area (Å²) < 4.78 is 18.9. The van der Waals surface area contributed by atoms with Gasteiger partial charge in [-0.2, -0.15) is 9.37 Å². The molecule has 1 atom stereocenters. The molecule has 0 bridgehead atoms. The van der Waals surface area contributed by atoms with E-state index in [1.54, 1.807) is 6.20 Å². The number of aromatic nitrogens is 2. The first-order valence-electron chi connectivity index (χ1n) is 4.26. The molecule has 1 unspecified atom stereocenters. The predicted molar refractivity (Wildman–Crippen MR) is 46.5 cm³/mol. The third-order valence-electron chi connectivity index (χ3n) is 2.10. The number of aryl methyl sites for hydroxylation is 2. The van der Waals surface area contributed by atoms with Crippen LogP contribution < -0.4 is 4.74 Å². The molecule has 1 aliphatic heterocycles. The number of ether oxygens (including phenoxy) is 1. The van der Waals surface area contributed by atoms with Crippen molar-refractivity contribution in [1.82, 2.24) is 9.55 Å². The zero-order chi connectivity index (χ0) is 9.26. The predicted octanol–water partition coefficient (Wildman–Crippen LogP) is 2.09. The summed E-state index contributed by atoms with van der Waals surface area (Å²) in [5.41, 5.74) is 0.